The molecule has 3 aromatic carbocycles. The summed E-state index contributed by atoms with van der Waals surface area (Å²) in [5, 5.41) is 0. The number of ether oxygens (including phenoxy) is 1. The molecule has 0 aliphatic carbocycles. The van der Waals surface area contributed by atoms with Gasteiger partial charge in [0.25, 0.3) is 0 Å². The van der Waals surface area contributed by atoms with Gasteiger partial charge >= 0.3 is 0 Å². The Labute approximate surface area is 211 Å². The van der Waals surface area contributed by atoms with Crippen LogP contribution in [0.15, 0.2) is 103 Å². The number of pyridine rings is 1. The van der Waals surface area contributed by atoms with E-state index in [1.807, 2.05) is 24.3 Å². The fourth-order valence-electron chi connectivity index (χ4n) is 4.21. The molecule has 4 rings (SSSR count). The Morgan fingerprint density at radius 1 is 0.889 bits per heavy atom. The Morgan fingerprint density at radius 2 is 1.53 bits per heavy atom. The van der Waals surface area contributed by atoms with E-state index in [0.29, 0.717) is 36.7 Å². The molecular weight excluding hydrogens is 453 g/mol. The van der Waals surface area contributed by atoms with Crippen LogP contribution >= 0.6 is 0 Å². The molecule has 2 N–H and O–H groups in total. The fourth-order valence-corrected chi connectivity index (χ4v) is 4.21. The molecule has 1 aromatic heterocycles. The van der Waals surface area contributed by atoms with Crippen LogP contribution in [0.3, 0.4) is 0 Å². The van der Waals surface area contributed by atoms with Crippen LogP contribution in [0.4, 0.5) is 4.39 Å². The third kappa shape index (κ3) is 6.99. The number of hydrogen-bond donors (Lipinski definition) is 1. The van der Waals surface area contributed by atoms with Gasteiger partial charge < -0.3 is 10.5 Å². The average molecular weight is 484 g/mol. The Kier molecular flexibility index (Phi) is 8.78. The predicted molar refractivity (Wildman–Crippen MR) is 139 cm³/mol. The molecule has 36 heavy (non-hydrogen) atoms. The Hall–Kier alpha value is -4.03. The van der Waals surface area contributed by atoms with Crippen molar-refractivity contribution in [2.45, 2.75) is 18.9 Å². The topological polar surface area (TPSA) is 68.5 Å². The van der Waals surface area contributed by atoms with Crippen molar-refractivity contribution < 1.29 is 13.9 Å². The molecule has 0 radical (unpaired) electrons. The van der Waals surface area contributed by atoms with Gasteiger partial charge in [0.15, 0.2) is 0 Å². The van der Waals surface area contributed by atoms with Gasteiger partial charge in [0.05, 0.1) is 12.2 Å². The maximum Gasteiger partial charge on any atom is 0.250 e. The Morgan fingerprint density at radius 3 is 2.11 bits per heavy atom. The van der Waals surface area contributed by atoms with Crippen molar-refractivity contribution >= 4 is 5.91 Å². The first-order chi connectivity index (χ1) is 17.6. The number of amides is 1. The number of carbonyl (C=O) groups excluding carboxylic acids is 1. The first-order valence-corrected chi connectivity index (χ1v) is 12.0. The van der Waals surface area contributed by atoms with Gasteiger partial charge in [0.2, 0.25) is 11.8 Å². The number of primary amides is 1. The largest absolute Gasteiger partial charge is 0.478 e. The van der Waals surface area contributed by atoms with E-state index < -0.39 is 5.91 Å². The van der Waals surface area contributed by atoms with E-state index in [0.717, 1.165) is 13.0 Å². The molecule has 0 aliphatic heterocycles. The van der Waals surface area contributed by atoms with Gasteiger partial charge in [0.1, 0.15) is 5.82 Å². The lowest BCUT2D eigenvalue weighted by molar-refractivity contribution is 0.1000. The number of carbonyl (C=O) groups is 1. The summed E-state index contributed by atoms with van der Waals surface area (Å²) in [7, 11) is 0. The van der Waals surface area contributed by atoms with E-state index in [4.69, 9.17) is 10.5 Å². The molecule has 0 spiro atoms. The molecule has 0 aliphatic rings. The molecule has 0 unspecified atom stereocenters. The molecule has 5 nitrogen and oxygen atoms in total. The zero-order valence-electron chi connectivity index (χ0n) is 20.1. The number of hydrogen-bond acceptors (Lipinski definition) is 4. The zero-order valence-corrected chi connectivity index (χ0v) is 20.1. The molecule has 184 valence electrons. The summed E-state index contributed by atoms with van der Waals surface area (Å²) < 4.78 is 20.3. The summed E-state index contributed by atoms with van der Waals surface area (Å²) in [4.78, 5) is 17.6. The average Bonchev–Trinajstić information content (AvgIpc) is 2.92. The third-order valence-corrected chi connectivity index (χ3v) is 6.09. The second-order valence-corrected chi connectivity index (χ2v) is 8.65. The number of benzene rings is 3. The molecule has 4 aromatic rings. The Bertz CT molecular complexity index is 1190. The van der Waals surface area contributed by atoms with E-state index in [1.54, 1.807) is 18.2 Å². The summed E-state index contributed by atoms with van der Waals surface area (Å²) in [6.07, 6.45) is 2.14. The fraction of sp³-hybridized carbons (Fsp3) is 0.200. The maximum atomic E-state index is 14.5. The van der Waals surface area contributed by atoms with E-state index >= 15 is 0 Å². The van der Waals surface area contributed by atoms with Crippen LogP contribution in [-0.2, 0) is 6.54 Å². The lowest BCUT2D eigenvalue weighted by atomic mass is 9.90. The van der Waals surface area contributed by atoms with E-state index in [1.165, 1.54) is 23.4 Å². The molecule has 0 saturated carbocycles. The lowest BCUT2D eigenvalue weighted by Crippen LogP contribution is -2.31. The second kappa shape index (κ2) is 12.6. The molecule has 1 amide bonds. The molecule has 0 saturated heterocycles. The van der Waals surface area contributed by atoms with Crippen LogP contribution in [0.2, 0.25) is 0 Å². The zero-order chi connectivity index (χ0) is 25.2. The minimum absolute atomic E-state index is 0.142. The molecule has 0 fully saturated rings. The minimum Gasteiger partial charge on any atom is -0.478 e. The van der Waals surface area contributed by atoms with Crippen LogP contribution in [-0.4, -0.2) is 35.5 Å². The summed E-state index contributed by atoms with van der Waals surface area (Å²) in [6.45, 7) is 2.38. The summed E-state index contributed by atoms with van der Waals surface area (Å²) in [5.41, 5.74) is 8.71. The van der Waals surface area contributed by atoms with Gasteiger partial charge in [0, 0.05) is 43.4 Å². The van der Waals surface area contributed by atoms with E-state index in [2.05, 4.69) is 58.4 Å². The van der Waals surface area contributed by atoms with Crippen molar-refractivity contribution in [3.8, 4) is 5.88 Å². The first kappa shape index (κ1) is 25.1. The van der Waals surface area contributed by atoms with Crippen LogP contribution in [0.25, 0.3) is 0 Å². The van der Waals surface area contributed by atoms with Gasteiger partial charge in [-0.1, -0.05) is 78.9 Å². The van der Waals surface area contributed by atoms with Gasteiger partial charge in [-0.05, 0) is 29.7 Å². The van der Waals surface area contributed by atoms with Gasteiger partial charge in [-0.15, -0.1) is 0 Å². The van der Waals surface area contributed by atoms with Gasteiger partial charge in [-0.3, -0.25) is 9.69 Å². The highest BCUT2D eigenvalue weighted by atomic mass is 19.1. The summed E-state index contributed by atoms with van der Waals surface area (Å²) in [5.74, 6) is -0.145. The first-order valence-electron chi connectivity index (χ1n) is 12.0. The quantitative estimate of drug-likeness (QED) is 0.273. The minimum atomic E-state index is -0.524. The monoisotopic (exact) mass is 483 g/mol. The Balaban J connectivity index is 1.47. The predicted octanol–water partition coefficient (Wildman–Crippen LogP) is 5.42. The molecule has 0 atom stereocenters. The highest BCUT2D eigenvalue weighted by Gasteiger charge is 2.19. The molecule has 6 heteroatoms. The van der Waals surface area contributed by atoms with Crippen molar-refractivity contribution in [3.05, 3.63) is 131 Å². The van der Waals surface area contributed by atoms with Crippen LogP contribution in [0, 0.1) is 5.82 Å². The van der Waals surface area contributed by atoms with Crippen molar-refractivity contribution in [3.63, 3.8) is 0 Å². The van der Waals surface area contributed by atoms with Crippen molar-refractivity contribution in [2.75, 3.05) is 19.7 Å². The SMILES string of the molecule is NC(=O)c1ccc(OCCCN(Cc2ccccc2F)CC(c2ccccc2)c2ccccc2)nc1. The summed E-state index contributed by atoms with van der Waals surface area (Å²) in [6, 6.07) is 31.0. The van der Waals surface area contributed by atoms with Crippen LogP contribution < -0.4 is 10.5 Å². The van der Waals surface area contributed by atoms with E-state index in [9.17, 15) is 9.18 Å². The smallest absolute Gasteiger partial charge is 0.250 e. The number of aromatic nitrogens is 1. The second-order valence-electron chi connectivity index (χ2n) is 8.65. The highest BCUT2D eigenvalue weighted by molar-refractivity contribution is 5.92. The van der Waals surface area contributed by atoms with Crippen molar-refractivity contribution in [1.82, 2.24) is 9.88 Å². The molecule has 1 heterocycles. The maximum absolute atomic E-state index is 14.5. The number of nitrogens with two attached hydrogens (primary N) is 1. The van der Waals surface area contributed by atoms with Crippen LogP contribution in [0.1, 0.15) is 39.4 Å². The van der Waals surface area contributed by atoms with Crippen molar-refractivity contribution in [2.24, 2.45) is 5.73 Å². The van der Waals surface area contributed by atoms with Gasteiger partial charge in [-0.25, -0.2) is 9.37 Å². The lowest BCUT2D eigenvalue weighted by Gasteiger charge is -2.28. The summed E-state index contributed by atoms with van der Waals surface area (Å²) >= 11 is 0. The molecule has 0 bridgehead atoms. The van der Waals surface area contributed by atoms with Crippen molar-refractivity contribution in [1.29, 1.82) is 0 Å². The normalized spacial score (nSPS) is 11.1. The van der Waals surface area contributed by atoms with Crippen LogP contribution in [0.5, 0.6) is 5.88 Å². The van der Waals surface area contributed by atoms with E-state index in [-0.39, 0.29) is 11.7 Å². The number of halogens is 1. The number of rotatable bonds is 12. The third-order valence-electron chi connectivity index (χ3n) is 6.09. The molecular formula is C30H30FN3O2. The number of nitrogens with zero attached hydrogens (tertiary/aromatic N) is 2. The van der Waals surface area contributed by atoms with Gasteiger partial charge in [-0.2, -0.15) is 0 Å². The standard InChI is InChI=1S/C30H30FN3O2/c31-28-15-8-7-14-26(28)21-34(18-9-19-36-29-17-16-25(20-33-29)30(32)35)22-27(23-10-3-1-4-11-23)24-12-5-2-6-13-24/h1-8,10-17,20,27H,9,18-19,21-22H2,(H2,32,35). The highest BCUT2D eigenvalue weighted by Crippen LogP contribution is 2.26.